The highest BCUT2D eigenvalue weighted by atomic mass is 79.9. The van der Waals surface area contributed by atoms with Gasteiger partial charge in [0, 0.05) is 29.5 Å². The average Bonchev–Trinajstić information content (AvgIpc) is 3.54. The van der Waals surface area contributed by atoms with Gasteiger partial charge in [-0.25, -0.2) is 4.98 Å². The van der Waals surface area contributed by atoms with Crippen molar-refractivity contribution in [2.24, 2.45) is 5.92 Å². The van der Waals surface area contributed by atoms with Gasteiger partial charge < -0.3 is 19.6 Å². The van der Waals surface area contributed by atoms with Gasteiger partial charge >= 0.3 is 0 Å². The number of furan rings is 1. The molecule has 0 aromatic carbocycles. The van der Waals surface area contributed by atoms with E-state index in [1.807, 2.05) is 22.9 Å². The summed E-state index contributed by atoms with van der Waals surface area (Å²) in [5.74, 6) is 0.558. The first kappa shape index (κ1) is 21.1. The Bertz CT molecular complexity index is 1160. The molecule has 4 rings (SSSR count). The number of halogens is 1. The van der Waals surface area contributed by atoms with E-state index in [0.29, 0.717) is 39.5 Å². The van der Waals surface area contributed by atoms with E-state index in [9.17, 15) is 9.59 Å². The summed E-state index contributed by atoms with van der Waals surface area (Å²) in [5.41, 5.74) is 0. The van der Waals surface area contributed by atoms with Crippen molar-refractivity contribution < 1.29 is 14.0 Å². The zero-order chi connectivity index (χ0) is 21.8. The van der Waals surface area contributed by atoms with E-state index in [4.69, 9.17) is 9.68 Å². The second kappa shape index (κ2) is 9.32. The van der Waals surface area contributed by atoms with Crippen LogP contribution in [0, 0.1) is 17.2 Å². The van der Waals surface area contributed by atoms with Crippen molar-refractivity contribution >= 4 is 39.1 Å². The Labute approximate surface area is 190 Å². The monoisotopic (exact) mass is 499 g/mol. The average molecular weight is 500 g/mol. The fourth-order valence-electron chi connectivity index (χ4n) is 3.29. The molecule has 1 aliphatic rings. The first-order chi connectivity index (χ1) is 15.0. The molecular formula is C21H18BrN5O3S. The molecule has 0 unspecified atom stereocenters. The van der Waals surface area contributed by atoms with Crippen molar-refractivity contribution in [1.29, 1.82) is 5.26 Å². The Morgan fingerprint density at radius 3 is 2.97 bits per heavy atom. The van der Waals surface area contributed by atoms with Crippen LogP contribution in [0.3, 0.4) is 0 Å². The first-order valence-electron chi connectivity index (χ1n) is 9.53. The van der Waals surface area contributed by atoms with Crippen LogP contribution >= 0.6 is 27.3 Å². The second-order valence-corrected chi connectivity index (χ2v) is 8.98. The van der Waals surface area contributed by atoms with Gasteiger partial charge in [-0.15, -0.1) is 11.3 Å². The van der Waals surface area contributed by atoms with Gasteiger partial charge in [0.2, 0.25) is 0 Å². The highest BCUT2D eigenvalue weighted by Crippen LogP contribution is 2.27. The van der Waals surface area contributed by atoms with E-state index in [0.717, 1.165) is 11.3 Å². The number of amides is 2. The molecule has 0 spiro atoms. The number of carbonyl (C=O) groups is 2. The molecule has 0 aliphatic heterocycles. The fraction of sp³-hybridized carbons (Fsp3) is 0.238. The lowest BCUT2D eigenvalue weighted by molar-refractivity contribution is 0.0913. The van der Waals surface area contributed by atoms with Gasteiger partial charge in [0.05, 0.1) is 17.7 Å². The molecule has 10 heteroatoms. The van der Waals surface area contributed by atoms with Gasteiger partial charge in [-0.1, -0.05) is 12.2 Å². The van der Waals surface area contributed by atoms with Crippen LogP contribution in [-0.4, -0.2) is 34.0 Å². The molecule has 3 aromatic heterocycles. The Hall–Kier alpha value is -3.16. The summed E-state index contributed by atoms with van der Waals surface area (Å²) in [4.78, 5) is 29.7. The van der Waals surface area contributed by atoms with Crippen LogP contribution in [0.5, 0.6) is 0 Å². The summed E-state index contributed by atoms with van der Waals surface area (Å²) in [6, 6.07) is 7.01. The van der Waals surface area contributed by atoms with Gasteiger partial charge in [-0.3, -0.25) is 9.59 Å². The number of rotatable bonds is 7. The smallest absolute Gasteiger partial charge is 0.287 e. The summed E-state index contributed by atoms with van der Waals surface area (Å²) in [7, 11) is 0. The minimum Gasteiger partial charge on any atom is -0.454 e. The molecule has 2 amide bonds. The molecule has 0 saturated carbocycles. The van der Waals surface area contributed by atoms with Crippen molar-refractivity contribution in [3.63, 3.8) is 0 Å². The third kappa shape index (κ3) is 5.13. The van der Waals surface area contributed by atoms with Crippen molar-refractivity contribution in [2.45, 2.75) is 19.0 Å². The van der Waals surface area contributed by atoms with Crippen molar-refractivity contribution in [1.82, 2.24) is 20.2 Å². The van der Waals surface area contributed by atoms with E-state index in [-0.39, 0.29) is 29.5 Å². The van der Waals surface area contributed by atoms with Crippen molar-refractivity contribution in [3.8, 4) is 6.07 Å². The molecule has 2 N–H and O–H groups in total. The summed E-state index contributed by atoms with van der Waals surface area (Å²) in [6.07, 6.45) is 9.80. The molecule has 0 radical (unpaired) electrons. The topological polar surface area (TPSA) is 113 Å². The predicted molar refractivity (Wildman–Crippen MR) is 118 cm³/mol. The summed E-state index contributed by atoms with van der Waals surface area (Å²) < 4.78 is 8.10. The zero-order valence-electron chi connectivity index (χ0n) is 16.2. The molecule has 3 aromatic rings. The lowest BCUT2D eigenvalue weighted by Crippen LogP contribution is -2.34. The minimum atomic E-state index is -0.273. The van der Waals surface area contributed by atoms with E-state index in [2.05, 4.69) is 37.6 Å². The Balaban J connectivity index is 1.24. The normalized spacial score (nSPS) is 17.4. The number of imidazole rings is 1. The highest BCUT2D eigenvalue weighted by molar-refractivity contribution is 9.10. The number of hydrogen-bond acceptors (Lipinski definition) is 6. The SMILES string of the molecule is N#Cc1sc(C(=O)N[C@@H]2C=C[C@H](CNC(=O)c3ccc(Cn4ccnc4)o3)C2)cc1Br. The van der Waals surface area contributed by atoms with Crippen LogP contribution in [0.1, 0.15) is 37.3 Å². The van der Waals surface area contributed by atoms with Crippen LogP contribution < -0.4 is 10.6 Å². The molecule has 2 atom stereocenters. The number of nitrogens with zero attached hydrogens (tertiary/aromatic N) is 3. The molecule has 31 heavy (non-hydrogen) atoms. The summed E-state index contributed by atoms with van der Waals surface area (Å²) in [6.45, 7) is 0.957. The highest BCUT2D eigenvalue weighted by Gasteiger charge is 2.23. The lowest BCUT2D eigenvalue weighted by Gasteiger charge is -2.13. The van der Waals surface area contributed by atoms with Crippen molar-refractivity contribution in [2.75, 3.05) is 6.54 Å². The zero-order valence-corrected chi connectivity index (χ0v) is 18.6. The van der Waals surface area contributed by atoms with Crippen molar-refractivity contribution in [3.05, 3.63) is 74.8 Å². The molecule has 158 valence electrons. The van der Waals surface area contributed by atoms with Crippen LogP contribution in [0.4, 0.5) is 0 Å². The van der Waals surface area contributed by atoms with Gasteiger partial charge in [0.15, 0.2) is 5.76 Å². The molecule has 8 nitrogen and oxygen atoms in total. The van der Waals surface area contributed by atoms with E-state index in [1.165, 1.54) is 0 Å². The van der Waals surface area contributed by atoms with E-state index >= 15 is 0 Å². The number of hydrogen-bond donors (Lipinski definition) is 2. The minimum absolute atomic E-state index is 0.111. The molecule has 0 fully saturated rings. The maximum Gasteiger partial charge on any atom is 0.287 e. The Kier molecular flexibility index (Phi) is 6.34. The quantitative estimate of drug-likeness (QED) is 0.484. The predicted octanol–water partition coefficient (Wildman–Crippen LogP) is 3.32. The third-order valence-electron chi connectivity index (χ3n) is 4.81. The van der Waals surface area contributed by atoms with E-state index < -0.39 is 0 Å². The summed E-state index contributed by atoms with van der Waals surface area (Å²) >= 11 is 4.43. The second-order valence-electron chi connectivity index (χ2n) is 7.07. The number of nitrogens with one attached hydrogen (secondary N) is 2. The molecule has 0 saturated heterocycles. The summed E-state index contributed by atoms with van der Waals surface area (Å²) in [5, 5.41) is 14.9. The standard InChI is InChI=1S/C21H18BrN5O3S/c22-16-8-18(31-19(16)9-23)21(29)26-14-2-1-13(7-14)10-25-20(28)17-4-3-15(30-17)11-27-6-5-24-12-27/h1-6,8,12-14H,7,10-11H2,(H,25,28)(H,26,29)/t13-,14+/m0/s1. The van der Waals surface area contributed by atoms with Crippen LogP contribution in [0.25, 0.3) is 0 Å². The van der Waals surface area contributed by atoms with Crippen LogP contribution in [0.15, 0.2) is 58.0 Å². The van der Waals surface area contributed by atoms with Crippen LogP contribution in [-0.2, 0) is 6.54 Å². The van der Waals surface area contributed by atoms with Gasteiger partial charge in [0.25, 0.3) is 11.8 Å². The third-order valence-corrected chi connectivity index (χ3v) is 6.74. The van der Waals surface area contributed by atoms with Gasteiger partial charge in [-0.2, -0.15) is 5.26 Å². The molecule has 0 bridgehead atoms. The molecule has 1 aliphatic carbocycles. The van der Waals surface area contributed by atoms with Gasteiger partial charge in [-0.05, 0) is 46.5 Å². The van der Waals surface area contributed by atoms with Gasteiger partial charge in [0.1, 0.15) is 16.7 Å². The van der Waals surface area contributed by atoms with Crippen LogP contribution in [0.2, 0.25) is 0 Å². The number of aromatic nitrogens is 2. The number of nitriles is 1. The lowest BCUT2D eigenvalue weighted by atomic mass is 10.1. The Morgan fingerprint density at radius 2 is 2.23 bits per heavy atom. The van der Waals surface area contributed by atoms with E-state index in [1.54, 1.807) is 30.7 Å². The molecular weight excluding hydrogens is 482 g/mol. The Morgan fingerprint density at radius 1 is 1.35 bits per heavy atom. The largest absolute Gasteiger partial charge is 0.454 e. The number of thiophene rings is 1. The number of carbonyl (C=O) groups excluding carboxylic acids is 2. The first-order valence-corrected chi connectivity index (χ1v) is 11.1. The maximum atomic E-state index is 12.4. The fourth-order valence-corrected chi connectivity index (χ4v) is 4.75. The molecule has 3 heterocycles. The maximum absolute atomic E-state index is 12.4.